The minimum atomic E-state index is -5.19. The monoisotopic (exact) mass is 439 g/mol. The first-order chi connectivity index (χ1) is 12.5. The second kappa shape index (κ2) is 9.07. The predicted molar refractivity (Wildman–Crippen MR) is 99.7 cm³/mol. The number of halogens is 1. The van der Waals surface area contributed by atoms with Gasteiger partial charge in [-0.05, 0) is 43.0 Å². The van der Waals surface area contributed by atoms with Crippen molar-refractivity contribution in [2.75, 3.05) is 0 Å². The van der Waals surface area contributed by atoms with Gasteiger partial charge in [-0.3, -0.25) is 9.51 Å². The number of fused-ring (bicyclic) bond motifs is 1. The Labute approximate surface area is 160 Å². The summed E-state index contributed by atoms with van der Waals surface area (Å²) < 4.78 is 30.2. The van der Waals surface area contributed by atoms with Crippen LogP contribution in [-0.4, -0.2) is 31.9 Å². The van der Waals surface area contributed by atoms with Crippen molar-refractivity contribution in [2.45, 2.75) is 31.5 Å². The van der Waals surface area contributed by atoms with Crippen molar-refractivity contribution >= 4 is 38.1 Å². The average molecular weight is 440 g/mol. The highest BCUT2D eigenvalue weighted by molar-refractivity contribution is 7.60. The normalized spacial score (nSPS) is 16.8. The second-order valence-corrected chi connectivity index (χ2v) is 9.08. The number of phosphoric acid groups is 2. The molecule has 3 atom stereocenters. The molecule has 1 aromatic heterocycles. The van der Waals surface area contributed by atoms with Crippen LogP contribution in [0.25, 0.3) is 10.9 Å². The van der Waals surface area contributed by atoms with Crippen LogP contribution < -0.4 is 11.5 Å². The number of hydrogen-bond acceptors (Lipinski definition) is 7. The van der Waals surface area contributed by atoms with Crippen molar-refractivity contribution in [2.24, 2.45) is 11.5 Å². The van der Waals surface area contributed by atoms with Crippen molar-refractivity contribution < 1.29 is 32.6 Å². The van der Waals surface area contributed by atoms with Gasteiger partial charge in [0, 0.05) is 22.6 Å². The molecule has 150 valence electrons. The Kier molecular flexibility index (Phi) is 7.52. The van der Waals surface area contributed by atoms with Crippen LogP contribution in [0.4, 0.5) is 0 Å². The Hall–Kier alpha value is -0.900. The molecule has 7 N–H and O–H groups in total. The minimum Gasteiger partial charge on any atom is -0.327 e. The van der Waals surface area contributed by atoms with E-state index < -0.39 is 21.9 Å². The fourth-order valence-electron chi connectivity index (χ4n) is 2.50. The van der Waals surface area contributed by atoms with E-state index in [1.807, 2.05) is 12.1 Å². The van der Waals surface area contributed by atoms with E-state index in [4.69, 9.17) is 32.9 Å². The summed E-state index contributed by atoms with van der Waals surface area (Å²) in [6, 6.07) is 6.84. The van der Waals surface area contributed by atoms with Gasteiger partial charge in [-0.25, -0.2) is 9.13 Å². The summed E-state index contributed by atoms with van der Waals surface area (Å²) in [5, 5.41) is 1.48. The molecule has 2 rings (SSSR count). The molecule has 10 nitrogen and oxygen atoms in total. The molecule has 0 aliphatic carbocycles. The van der Waals surface area contributed by atoms with Crippen molar-refractivity contribution in [3.8, 4) is 0 Å². The zero-order valence-corrected chi connectivity index (χ0v) is 16.6. The molecule has 0 saturated heterocycles. The molecule has 0 aliphatic heterocycles. The maximum atomic E-state index is 11.4. The first-order valence-electron chi connectivity index (χ1n) is 7.77. The van der Waals surface area contributed by atoms with Crippen LogP contribution in [0.1, 0.15) is 18.4 Å². The third-order valence-electron chi connectivity index (χ3n) is 3.58. The van der Waals surface area contributed by atoms with E-state index in [0.717, 1.165) is 16.5 Å². The summed E-state index contributed by atoms with van der Waals surface area (Å²) in [4.78, 5) is 30.6. The molecule has 0 aliphatic rings. The molecular formula is C14H20ClN3O7P2. The number of rotatable bonds is 9. The van der Waals surface area contributed by atoms with Crippen molar-refractivity contribution in [1.29, 1.82) is 0 Å². The maximum absolute atomic E-state index is 11.4. The van der Waals surface area contributed by atoms with Crippen LogP contribution in [0, 0.1) is 0 Å². The van der Waals surface area contributed by atoms with E-state index in [1.165, 1.54) is 0 Å². The molecule has 3 unspecified atom stereocenters. The third-order valence-corrected chi connectivity index (χ3v) is 6.03. The molecule has 27 heavy (non-hydrogen) atoms. The van der Waals surface area contributed by atoms with Gasteiger partial charge < -0.3 is 26.1 Å². The number of aromatic nitrogens is 1. The smallest absolute Gasteiger partial charge is 0.327 e. The van der Waals surface area contributed by atoms with Crippen molar-refractivity contribution in [1.82, 2.24) is 4.98 Å². The van der Waals surface area contributed by atoms with Crippen LogP contribution in [0.15, 0.2) is 30.5 Å². The Balaban J connectivity index is 1.92. The molecule has 1 heterocycles. The van der Waals surface area contributed by atoms with Gasteiger partial charge in [0.2, 0.25) is 0 Å². The topological polar surface area (TPSA) is 178 Å². The van der Waals surface area contributed by atoms with Gasteiger partial charge in [0.25, 0.3) is 0 Å². The van der Waals surface area contributed by atoms with Crippen molar-refractivity contribution in [3.63, 3.8) is 0 Å². The van der Waals surface area contributed by atoms with Gasteiger partial charge in [-0.1, -0.05) is 17.7 Å². The summed E-state index contributed by atoms with van der Waals surface area (Å²) in [6.07, 6.45) is 1.26. The zero-order chi connectivity index (χ0) is 20.2. The highest BCUT2D eigenvalue weighted by Crippen LogP contribution is 2.58. The van der Waals surface area contributed by atoms with Crippen molar-refractivity contribution in [3.05, 3.63) is 41.0 Å². The molecular weight excluding hydrogens is 420 g/mol. The van der Waals surface area contributed by atoms with Gasteiger partial charge in [0.1, 0.15) is 6.23 Å². The molecule has 0 amide bonds. The quantitative estimate of drug-likeness (QED) is 0.287. The van der Waals surface area contributed by atoms with E-state index in [1.54, 1.807) is 18.3 Å². The summed E-state index contributed by atoms with van der Waals surface area (Å²) in [5.74, 6) is 0. The molecule has 0 spiro atoms. The lowest BCUT2D eigenvalue weighted by molar-refractivity contribution is 0.122. The Morgan fingerprint density at radius 3 is 2.52 bits per heavy atom. The van der Waals surface area contributed by atoms with Crippen LogP contribution in [0.3, 0.4) is 0 Å². The number of nitrogens with zero attached hydrogens (tertiary/aromatic N) is 1. The lowest BCUT2D eigenvalue weighted by Gasteiger charge is -2.19. The largest absolute Gasteiger partial charge is 0.482 e. The number of phosphoric ester groups is 1. The van der Waals surface area contributed by atoms with Gasteiger partial charge in [-0.2, -0.15) is 4.31 Å². The van der Waals surface area contributed by atoms with E-state index in [0.29, 0.717) is 17.9 Å². The summed E-state index contributed by atoms with van der Waals surface area (Å²) in [6.45, 7) is 0. The SMILES string of the molecule is NC(CCC(N)OP(=O)(O)OP(=O)(O)O)Cc1ccnc2cc(Cl)ccc12. The zero-order valence-electron chi connectivity index (χ0n) is 14.0. The van der Waals surface area contributed by atoms with E-state index >= 15 is 0 Å². The fourth-order valence-corrected chi connectivity index (χ4v) is 4.34. The molecule has 0 fully saturated rings. The Morgan fingerprint density at radius 1 is 1.15 bits per heavy atom. The van der Waals surface area contributed by atoms with Crippen LogP contribution >= 0.6 is 27.2 Å². The molecule has 1 aromatic carbocycles. The Morgan fingerprint density at radius 2 is 1.85 bits per heavy atom. The molecule has 2 aromatic rings. The van der Waals surface area contributed by atoms with Gasteiger partial charge >= 0.3 is 15.6 Å². The maximum Gasteiger partial charge on any atom is 0.482 e. The number of nitrogens with two attached hydrogens (primary N) is 2. The highest BCUT2D eigenvalue weighted by atomic mass is 35.5. The average Bonchev–Trinajstić information content (AvgIpc) is 2.50. The lowest BCUT2D eigenvalue weighted by Crippen LogP contribution is -2.29. The van der Waals surface area contributed by atoms with E-state index in [-0.39, 0.29) is 12.5 Å². The van der Waals surface area contributed by atoms with Gasteiger partial charge in [-0.15, -0.1) is 0 Å². The fraction of sp³-hybridized carbons (Fsp3) is 0.357. The summed E-state index contributed by atoms with van der Waals surface area (Å²) in [5.41, 5.74) is 13.3. The highest BCUT2D eigenvalue weighted by Gasteiger charge is 2.34. The van der Waals surface area contributed by atoms with Gasteiger partial charge in [0.05, 0.1) is 5.52 Å². The lowest BCUT2D eigenvalue weighted by atomic mass is 9.99. The summed E-state index contributed by atoms with van der Waals surface area (Å²) >= 11 is 5.96. The minimum absolute atomic E-state index is 0.0745. The molecule has 0 bridgehead atoms. The summed E-state index contributed by atoms with van der Waals surface area (Å²) in [7, 11) is -10.2. The van der Waals surface area contributed by atoms with Crippen LogP contribution in [0.2, 0.25) is 5.02 Å². The van der Waals surface area contributed by atoms with E-state index in [2.05, 4.69) is 13.8 Å². The number of pyridine rings is 1. The van der Waals surface area contributed by atoms with E-state index in [9.17, 15) is 14.0 Å². The third kappa shape index (κ3) is 7.56. The van der Waals surface area contributed by atoms with Crippen LogP contribution in [0.5, 0.6) is 0 Å². The standard InChI is InChI=1S/C14H20ClN3O7P2/c15-10-1-3-12-9(5-6-18-13(12)8-10)7-11(16)2-4-14(17)24-27(22,23)25-26(19,20)21/h1,3,5-6,8,11,14H,2,4,7,16-17H2,(H,22,23)(H2,19,20,21). The van der Waals surface area contributed by atoms with Gasteiger partial charge in [0.15, 0.2) is 0 Å². The molecule has 13 heteroatoms. The predicted octanol–water partition coefficient (Wildman–Crippen LogP) is 2.05. The number of benzene rings is 1. The molecule has 0 saturated carbocycles. The van der Waals surface area contributed by atoms with Crippen LogP contribution in [-0.2, 0) is 24.4 Å². The Bertz CT molecular complexity index is 894. The first kappa shape index (κ1) is 22.4. The molecule has 0 radical (unpaired) electrons. The number of hydrogen-bond donors (Lipinski definition) is 5. The second-order valence-electron chi connectivity index (χ2n) is 5.86. The first-order valence-corrected chi connectivity index (χ1v) is 11.2.